The Labute approximate surface area is 199 Å². The van der Waals surface area contributed by atoms with Crippen molar-refractivity contribution < 1.29 is 22.7 Å². The van der Waals surface area contributed by atoms with Gasteiger partial charge in [-0.25, -0.2) is 27.9 Å². The highest BCUT2D eigenvalue weighted by atomic mass is 19.3. The number of hydrogen-bond acceptors (Lipinski definition) is 5. The zero-order valence-electron chi connectivity index (χ0n) is 19.4. The molecule has 10 heteroatoms. The van der Waals surface area contributed by atoms with Crippen LogP contribution in [0.25, 0.3) is 33.6 Å². The predicted molar refractivity (Wildman–Crippen MR) is 125 cm³/mol. The first kappa shape index (κ1) is 23.1. The van der Waals surface area contributed by atoms with E-state index in [4.69, 9.17) is 5.73 Å². The first-order chi connectivity index (χ1) is 16.6. The Morgan fingerprint density at radius 3 is 2.69 bits per heavy atom. The van der Waals surface area contributed by atoms with Crippen LogP contribution in [0.1, 0.15) is 29.0 Å². The normalized spacial score (nSPS) is 19.7. The van der Waals surface area contributed by atoms with E-state index in [2.05, 4.69) is 21.3 Å². The molecule has 0 bridgehead atoms. The highest BCUT2D eigenvalue weighted by molar-refractivity contribution is 5.95. The minimum absolute atomic E-state index is 0.0110. The summed E-state index contributed by atoms with van der Waals surface area (Å²) in [5.74, 6) is -5.87. The maximum atomic E-state index is 14.6. The number of carbonyl (C=O) groups is 1. The summed E-state index contributed by atoms with van der Waals surface area (Å²) in [5.41, 5.74) is 8.26. The van der Waals surface area contributed by atoms with E-state index in [0.29, 0.717) is 33.9 Å². The van der Waals surface area contributed by atoms with Crippen LogP contribution < -0.4 is 5.73 Å². The van der Waals surface area contributed by atoms with Gasteiger partial charge in [0.1, 0.15) is 11.5 Å². The maximum Gasteiger partial charge on any atom is 0.340 e. The average Bonchev–Trinajstić information content (AvgIpc) is 3.07. The molecule has 182 valence electrons. The van der Waals surface area contributed by atoms with Crippen LogP contribution in [0, 0.1) is 17.7 Å². The van der Waals surface area contributed by atoms with Gasteiger partial charge in [0.2, 0.25) is 0 Å². The molecule has 7 nitrogen and oxygen atoms in total. The Hall–Kier alpha value is -3.66. The maximum absolute atomic E-state index is 14.6. The molecular formula is C25H24F3N5O2. The molecule has 1 saturated carbocycles. The summed E-state index contributed by atoms with van der Waals surface area (Å²) in [6, 6.07) is 7.64. The molecule has 3 atom stereocenters. The van der Waals surface area contributed by atoms with Crippen molar-refractivity contribution in [1.29, 1.82) is 0 Å². The first-order valence-corrected chi connectivity index (χ1v) is 11.1. The highest BCUT2D eigenvalue weighted by Gasteiger charge is 2.66. The molecule has 2 unspecified atom stereocenters. The lowest BCUT2D eigenvalue weighted by Crippen LogP contribution is -2.11. The number of methoxy groups -OCH3 is 1. The number of ether oxygens (including phenoxy) is 1. The number of alkyl halides is 2. The SMILES string of the molecule is C=CC1C(Cn2c(-c3nc4cc(C(=O)OC)c(F)cc4n3C)cc3ccc([C@@H](C)N)nc32)C1(F)F. The largest absolute Gasteiger partial charge is 0.465 e. The Balaban J connectivity index is 1.72. The molecule has 1 aromatic carbocycles. The average molecular weight is 483 g/mol. The van der Waals surface area contributed by atoms with E-state index < -0.39 is 29.5 Å². The van der Waals surface area contributed by atoms with Crippen LogP contribution in [0.2, 0.25) is 0 Å². The molecule has 0 saturated heterocycles. The number of aromatic nitrogens is 4. The standard InChI is InChI=1S/C25H24F3N5O2/c1-5-15-16(25(15,27)28)11-33-21(8-13-6-7-18(12(2)29)30-22(13)33)23-31-19-9-14(24(34)35-4)17(26)10-20(19)32(23)3/h5-10,12,15-16H,1,11,29H2,2-4H3/t12-,15?,16?/m1/s1. The van der Waals surface area contributed by atoms with Crippen LogP contribution in [0.5, 0.6) is 0 Å². The Morgan fingerprint density at radius 1 is 1.31 bits per heavy atom. The molecule has 0 radical (unpaired) electrons. The number of benzene rings is 1. The molecule has 2 N–H and O–H groups in total. The van der Waals surface area contributed by atoms with Crippen LogP contribution in [-0.2, 0) is 18.3 Å². The molecule has 0 spiro atoms. The monoisotopic (exact) mass is 483 g/mol. The van der Waals surface area contributed by atoms with Crippen molar-refractivity contribution in [2.45, 2.75) is 25.4 Å². The summed E-state index contributed by atoms with van der Waals surface area (Å²) < 4.78 is 51.4. The molecule has 3 heterocycles. The molecule has 4 aromatic rings. The Kier molecular flexibility index (Phi) is 5.24. The summed E-state index contributed by atoms with van der Waals surface area (Å²) in [6.07, 6.45) is 1.28. The number of esters is 1. The number of pyridine rings is 1. The molecule has 0 amide bonds. The minimum atomic E-state index is -2.86. The van der Waals surface area contributed by atoms with Gasteiger partial charge in [-0.15, -0.1) is 6.58 Å². The van der Waals surface area contributed by atoms with Crippen LogP contribution >= 0.6 is 0 Å². The Morgan fingerprint density at radius 2 is 2.06 bits per heavy atom. The quantitative estimate of drug-likeness (QED) is 0.320. The lowest BCUT2D eigenvalue weighted by molar-refractivity contribution is 0.0595. The van der Waals surface area contributed by atoms with Crippen LogP contribution in [0.4, 0.5) is 13.2 Å². The summed E-state index contributed by atoms with van der Waals surface area (Å²) in [7, 11) is 2.87. The number of aryl methyl sites for hydroxylation is 1. The molecular weight excluding hydrogens is 459 g/mol. The number of hydrogen-bond donors (Lipinski definition) is 1. The van der Waals surface area contributed by atoms with Crippen LogP contribution in [0.15, 0.2) is 43.0 Å². The lowest BCUT2D eigenvalue weighted by atomic mass is 10.2. The summed E-state index contributed by atoms with van der Waals surface area (Å²) in [5, 5.41) is 0.733. The number of fused-ring (bicyclic) bond motifs is 2. The van der Waals surface area contributed by atoms with Gasteiger partial charge in [0.15, 0.2) is 5.82 Å². The number of halogens is 3. The number of rotatable bonds is 6. The zero-order chi connectivity index (χ0) is 25.2. The fourth-order valence-corrected chi connectivity index (χ4v) is 4.64. The highest BCUT2D eigenvalue weighted by Crippen LogP contribution is 2.57. The van der Waals surface area contributed by atoms with Gasteiger partial charge in [0.05, 0.1) is 46.9 Å². The van der Waals surface area contributed by atoms with Gasteiger partial charge in [0.25, 0.3) is 5.92 Å². The minimum Gasteiger partial charge on any atom is -0.465 e. The van der Waals surface area contributed by atoms with Crippen molar-refractivity contribution in [2.24, 2.45) is 24.6 Å². The number of carbonyl (C=O) groups excluding carboxylic acids is 1. The predicted octanol–water partition coefficient (Wildman–Crippen LogP) is 4.60. The van der Waals surface area contributed by atoms with Gasteiger partial charge in [-0.2, -0.15) is 0 Å². The Bertz CT molecular complexity index is 1500. The van der Waals surface area contributed by atoms with Crippen LogP contribution in [0.3, 0.4) is 0 Å². The second kappa shape index (κ2) is 7.94. The number of imidazole rings is 1. The number of nitrogens with two attached hydrogens (primary N) is 1. The summed E-state index contributed by atoms with van der Waals surface area (Å²) in [6.45, 7) is 5.33. The molecule has 35 heavy (non-hydrogen) atoms. The molecule has 1 aliphatic rings. The van der Waals surface area contributed by atoms with Gasteiger partial charge in [-0.3, -0.25) is 0 Å². The lowest BCUT2D eigenvalue weighted by Gasteiger charge is -2.11. The van der Waals surface area contributed by atoms with Gasteiger partial charge in [0, 0.05) is 31.1 Å². The van der Waals surface area contributed by atoms with Gasteiger partial charge >= 0.3 is 5.97 Å². The fraction of sp³-hybridized carbons (Fsp3) is 0.320. The second-order valence-corrected chi connectivity index (χ2v) is 8.93. The van der Waals surface area contributed by atoms with E-state index in [1.54, 1.807) is 29.2 Å². The van der Waals surface area contributed by atoms with E-state index in [1.165, 1.54) is 25.3 Å². The van der Waals surface area contributed by atoms with Crippen molar-refractivity contribution in [3.05, 3.63) is 60.1 Å². The number of nitrogens with zero attached hydrogens (tertiary/aromatic N) is 4. The molecule has 1 fully saturated rings. The first-order valence-electron chi connectivity index (χ1n) is 11.1. The van der Waals surface area contributed by atoms with Crippen molar-refractivity contribution in [2.75, 3.05) is 7.11 Å². The smallest absolute Gasteiger partial charge is 0.340 e. The molecule has 0 aliphatic heterocycles. The number of allylic oxidation sites excluding steroid dienone is 1. The van der Waals surface area contributed by atoms with E-state index in [-0.39, 0.29) is 18.2 Å². The topological polar surface area (TPSA) is 88.0 Å². The fourth-order valence-electron chi connectivity index (χ4n) is 4.64. The van der Waals surface area contributed by atoms with Crippen molar-refractivity contribution in [3.8, 4) is 11.5 Å². The second-order valence-electron chi connectivity index (χ2n) is 8.93. The zero-order valence-corrected chi connectivity index (χ0v) is 19.4. The summed E-state index contributed by atoms with van der Waals surface area (Å²) in [4.78, 5) is 21.2. The third kappa shape index (κ3) is 3.51. The van der Waals surface area contributed by atoms with E-state index in [1.807, 2.05) is 12.1 Å². The third-order valence-corrected chi connectivity index (χ3v) is 6.73. The van der Waals surface area contributed by atoms with E-state index in [9.17, 15) is 18.0 Å². The summed E-state index contributed by atoms with van der Waals surface area (Å²) >= 11 is 0. The van der Waals surface area contributed by atoms with Crippen molar-refractivity contribution in [1.82, 2.24) is 19.1 Å². The van der Waals surface area contributed by atoms with E-state index >= 15 is 0 Å². The van der Waals surface area contributed by atoms with Gasteiger partial charge < -0.3 is 19.6 Å². The van der Waals surface area contributed by atoms with Crippen molar-refractivity contribution in [3.63, 3.8) is 0 Å². The van der Waals surface area contributed by atoms with Gasteiger partial charge in [-0.1, -0.05) is 6.08 Å². The molecule has 5 rings (SSSR count). The van der Waals surface area contributed by atoms with E-state index in [0.717, 1.165) is 5.39 Å². The van der Waals surface area contributed by atoms with Crippen molar-refractivity contribution >= 4 is 28.0 Å². The molecule has 3 aromatic heterocycles. The molecule has 1 aliphatic carbocycles. The third-order valence-electron chi connectivity index (χ3n) is 6.73. The van der Waals surface area contributed by atoms with Crippen LogP contribution in [-0.4, -0.2) is 38.1 Å². The van der Waals surface area contributed by atoms with Gasteiger partial charge in [-0.05, 0) is 31.2 Å².